The summed E-state index contributed by atoms with van der Waals surface area (Å²) >= 11 is 4.66. The summed E-state index contributed by atoms with van der Waals surface area (Å²) in [5.41, 5.74) is 0. The quantitative estimate of drug-likeness (QED) is 0.795. The van der Waals surface area contributed by atoms with Gasteiger partial charge in [0, 0.05) is 16.6 Å². The molecule has 0 radical (unpaired) electrons. The minimum absolute atomic E-state index is 0.0729. The van der Waals surface area contributed by atoms with Crippen LogP contribution in [-0.2, 0) is 9.59 Å². The monoisotopic (exact) mass is 357 g/mol. The van der Waals surface area contributed by atoms with Crippen LogP contribution in [0, 0.1) is 0 Å². The number of hydrogen-bond acceptors (Lipinski definition) is 4. The van der Waals surface area contributed by atoms with Gasteiger partial charge in [-0.05, 0) is 31.0 Å². The van der Waals surface area contributed by atoms with Gasteiger partial charge in [0.2, 0.25) is 11.0 Å². The molecule has 1 heterocycles. The van der Waals surface area contributed by atoms with Crippen molar-refractivity contribution in [3.63, 3.8) is 0 Å². The van der Waals surface area contributed by atoms with Crippen molar-refractivity contribution in [1.82, 2.24) is 5.32 Å². The fourth-order valence-electron chi connectivity index (χ4n) is 1.87. The molecule has 1 atom stereocenters. The van der Waals surface area contributed by atoms with E-state index in [1.165, 1.54) is 11.8 Å². The second kappa shape index (κ2) is 7.69. The molecule has 1 aromatic rings. The van der Waals surface area contributed by atoms with Crippen LogP contribution < -0.4 is 10.1 Å². The lowest BCUT2D eigenvalue weighted by molar-refractivity contribution is -0.124. The van der Waals surface area contributed by atoms with E-state index >= 15 is 0 Å². The summed E-state index contributed by atoms with van der Waals surface area (Å²) in [7, 11) is 0. The Kier molecular flexibility index (Phi) is 5.91. The zero-order valence-electron chi connectivity index (χ0n) is 10.9. The predicted molar refractivity (Wildman–Crippen MR) is 82.9 cm³/mol. The van der Waals surface area contributed by atoms with Crippen LogP contribution in [0.5, 0.6) is 5.75 Å². The molecule has 6 heteroatoms. The highest BCUT2D eigenvalue weighted by Crippen LogP contribution is 2.20. The highest BCUT2D eigenvalue weighted by atomic mass is 79.9. The lowest BCUT2D eigenvalue weighted by Gasteiger charge is -2.10. The molecule has 1 aliphatic rings. The number of halogens is 1. The van der Waals surface area contributed by atoms with Crippen molar-refractivity contribution in [2.75, 3.05) is 12.4 Å². The number of ether oxygens (including phenoxy) is 1. The van der Waals surface area contributed by atoms with E-state index < -0.39 is 0 Å². The minimum Gasteiger partial charge on any atom is -0.494 e. The van der Waals surface area contributed by atoms with Gasteiger partial charge >= 0.3 is 0 Å². The molecule has 1 aliphatic heterocycles. The number of amides is 1. The predicted octanol–water partition coefficient (Wildman–Crippen LogP) is 2.76. The van der Waals surface area contributed by atoms with Gasteiger partial charge in [-0.1, -0.05) is 33.8 Å². The van der Waals surface area contributed by atoms with Gasteiger partial charge in [0.05, 0.1) is 12.6 Å². The van der Waals surface area contributed by atoms with Crippen molar-refractivity contribution in [3.05, 3.63) is 28.7 Å². The lowest BCUT2D eigenvalue weighted by Crippen LogP contribution is -2.37. The second-order valence-corrected chi connectivity index (χ2v) is 6.50. The summed E-state index contributed by atoms with van der Waals surface area (Å²) in [6.45, 7) is 0.483. The first-order valence-corrected chi connectivity index (χ1v) is 8.27. The Morgan fingerprint density at radius 1 is 1.50 bits per heavy atom. The van der Waals surface area contributed by atoms with Crippen LogP contribution in [-0.4, -0.2) is 29.4 Å². The molecule has 0 saturated carbocycles. The number of benzene rings is 1. The number of thioether (sulfide) groups is 1. The zero-order valence-corrected chi connectivity index (χ0v) is 13.3. The molecule has 1 fully saturated rings. The Bertz CT molecular complexity index is 495. The normalized spacial score (nSPS) is 18.1. The van der Waals surface area contributed by atoms with E-state index in [0.717, 1.165) is 22.4 Å². The van der Waals surface area contributed by atoms with E-state index in [2.05, 4.69) is 21.2 Å². The molecule has 1 aromatic carbocycles. The summed E-state index contributed by atoms with van der Waals surface area (Å²) < 4.78 is 6.51. The Balaban J connectivity index is 1.63. The number of hydrogen-bond donors (Lipinski definition) is 1. The zero-order chi connectivity index (χ0) is 14.4. The molecular weight excluding hydrogens is 342 g/mol. The molecular formula is C14H16BrNO3S. The summed E-state index contributed by atoms with van der Waals surface area (Å²) in [4.78, 5) is 23.1. The molecule has 108 valence electrons. The van der Waals surface area contributed by atoms with E-state index in [1.807, 2.05) is 24.3 Å². The van der Waals surface area contributed by atoms with Gasteiger partial charge in [0.25, 0.3) is 0 Å². The first kappa shape index (κ1) is 15.4. The van der Waals surface area contributed by atoms with Gasteiger partial charge in [0.1, 0.15) is 5.75 Å². The maximum absolute atomic E-state index is 11.7. The third kappa shape index (κ3) is 4.83. The summed E-state index contributed by atoms with van der Waals surface area (Å²) in [5.74, 6) is 1.50. The van der Waals surface area contributed by atoms with Crippen molar-refractivity contribution in [2.24, 2.45) is 0 Å². The summed E-state index contributed by atoms with van der Waals surface area (Å²) in [6, 6.07) is 7.29. The Morgan fingerprint density at radius 2 is 2.35 bits per heavy atom. The molecule has 0 aromatic heterocycles. The van der Waals surface area contributed by atoms with Gasteiger partial charge in [-0.25, -0.2) is 0 Å². The van der Waals surface area contributed by atoms with Gasteiger partial charge in [-0.3, -0.25) is 9.59 Å². The van der Waals surface area contributed by atoms with Crippen molar-refractivity contribution in [2.45, 2.75) is 25.3 Å². The van der Waals surface area contributed by atoms with E-state index in [0.29, 0.717) is 19.4 Å². The molecule has 1 unspecified atom stereocenters. The van der Waals surface area contributed by atoms with Crippen LogP contribution in [0.2, 0.25) is 0 Å². The number of nitrogens with one attached hydrogen (secondary N) is 1. The molecule has 0 aliphatic carbocycles. The Morgan fingerprint density at radius 3 is 3.05 bits per heavy atom. The van der Waals surface area contributed by atoms with E-state index in [4.69, 9.17) is 4.74 Å². The first-order valence-electron chi connectivity index (χ1n) is 6.49. The van der Waals surface area contributed by atoms with Crippen molar-refractivity contribution < 1.29 is 14.3 Å². The van der Waals surface area contributed by atoms with Crippen molar-refractivity contribution in [3.8, 4) is 5.75 Å². The third-order valence-corrected chi connectivity index (χ3v) is 4.39. The SMILES string of the molecule is O=C(CCCOc1cccc(Br)c1)NC1CCSC1=O. The topological polar surface area (TPSA) is 55.4 Å². The van der Waals surface area contributed by atoms with E-state index in [-0.39, 0.29) is 17.1 Å². The fraction of sp³-hybridized carbons (Fsp3) is 0.429. The first-order chi connectivity index (χ1) is 9.65. The highest BCUT2D eigenvalue weighted by molar-refractivity contribution is 9.10. The fourth-order valence-corrected chi connectivity index (χ4v) is 3.18. The van der Waals surface area contributed by atoms with E-state index in [9.17, 15) is 9.59 Å². The highest BCUT2D eigenvalue weighted by Gasteiger charge is 2.26. The molecule has 20 heavy (non-hydrogen) atoms. The maximum atomic E-state index is 11.7. The minimum atomic E-state index is -0.293. The molecule has 2 rings (SSSR count). The van der Waals surface area contributed by atoms with Crippen LogP contribution in [0.15, 0.2) is 28.7 Å². The molecule has 1 amide bonds. The Labute approximate surface area is 130 Å². The van der Waals surface area contributed by atoms with Crippen molar-refractivity contribution >= 4 is 38.7 Å². The van der Waals surface area contributed by atoms with Crippen LogP contribution in [0.1, 0.15) is 19.3 Å². The van der Waals surface area contributed by atoms with Crippen molar-refractivity contribution in [1.29, 1.82) is 0 Å². The summed E-state index contributed by atoms with van der Waals surface area (Å²) in [6.07, 6.45) is 1.75. The van der Waals surface area contributed by atoms with E-state index in [1.54, 1.807) is 0 Å². The number of rotatable bonds is 6. The van der Waals surface area contributed by atoms with Gasteiger partial charge in [0.15, 0.2) is 0 Å². The molecule has 0 bridgehead atoms. The largest absolute Gasteiger partial charge is 0.494 e. The second-order valence-electron chi connectivity index (χ2n) is 4.49. The van der Waals surface area contributed by atoms with Crippen LogP contribution in [0.3, 0.4) is 0 Å². The number of carbonyl (C=O) groups excluding carboxylic acids is 2. The van der Waals surface area contributed by atoms with Crippen LogP contribution in [0.4, 0.5) is 0 Å². The average Bonchev–Trinajstić information content (AvgIpc) is 2.80. The average molecular weight is 358 g/mol. The summed E-state index contributed by atoms with van der Waals surface area (Å²) in [5, 5.41) is 2.84. The van der Waals surface area contributed by atoms with Gasteiger partial charge < -0.3 is 10.1 Å². The Hall–Kier alpha value is -1.01. The molecule has 1 N–H and O–H groups in total. The third-order valence-electron chi connectivity index (χ3n) is 2.88. The maximum Gasteiger partial charge on any atom is 0.220 e. The molecule has 1 saturated heterocycles. The smallest absolute Gasteiger partial charge is 0.220 e. The molecule has 0 spiro atoms. The standard InChI is InChI=1S/C14H16BrNO3S/c15-10-3-1-4-11(9-10)19-7-2-5-13(17)16-12-6-8-20-14(12)18/h1,3-4,9,12H,2,5-8H2,(H,16,17). The number of carbonyl (C=O) groups is 2. The van der Waals surface area contributed by atoms with Crippen LogP contribution in [0.25, 0.3) is 0 Å². The van der Waals surface area contributed by atoms with Gasteiger partial charge in [-0.15, -0.1) is 0 Å². The van der Waals surface area contributed by atoms with Crippen LogP contribution >= 0.6 is 27.7 Å². The lowest BCUT2D eigenvalue weighted by atomic mass is 10.2. The van der Waals surface area contributed by atoms with Gasteiger partial charge in [-0.2, -0.15) is 0 Å². The molecule has 4 nitrogen and oxygen atoms in total.